The number of thioether (sulfide) groups is 2. The number of methoxy groups -OCH3 is 1. The van der Waals surface area contributed by atoms with Crippen LogP contribution in [0.3, 0.4) is 0 Å². The van der Waals surface area contributed by atoms with Crippen molar-refractivity contribution in [2.45, 2.75) is 5.03 Å². The zero-order valence-corrected chi connectivity index (χ0v) is 18.2. The smallest absolute Gasteiger partial charge is 0.155 e. The van der Waals surface area contributed by atoms with Crippen LogP contribution in [0.25, 0.3) is 28.3 Å². The van der Waals surface area contributed by atoms with Gasteiger partial charge in [-0.25, -0.2) is 9.97 Å². The third kappa shape index (κ3) is 4.05. The van der Waals surface area contributed by atoms with Crippen LogP contribution in [-0.2, 0) is 11.8 Å². The van der Waals surface area contributed by atoms with Crippen molar-refractivity contribution in [2.75, 3.05) is 24.6 Å². The minimum atomic E-state index is 0.551. The van der Waals surface area contributed by atoms with E-state index in [1.807, 2.05) is 29.8 Å². The van der Waals surface area contributed by atoms with Crippen LogP contribution in [-0.4, -0.2) is 53.7 Å². The summed E-state index contributed by atoms with van der Waals surface area (Å²) in [5, 5.41) is 15.7. The highest BCUT2D eigenvalue weighted by Crippen LogP contribution is 2.35. The lowest BCUT2D eigenvalue weighted by Crippen LogP contribution is -2.01. The lowest BCUT2D eigenvalue weighted by atomic mass is 10.1. The summed E-state index contributed by atoms with van der Waals surface area (Å²) < 4.78 is 8.81. The van der Waals surface area contributed by atoms with E-state index in [2.05, 4.69) is 21.1 Å². The second-order valence-electron chi connectivity index (χ2n) is 6.30. The first kappa shape index (κ1) is 20.4. The van der Waals surface area contributed by atoms with Crippen molar-refractivity contribution >= 4 is 29.2 Å². The topological polar surface area (TPSA) is 93.9 Å². The van der Waals surface area contributed by atoms with Gasteiger partial charge in [0.05, 0.1) is 41.6 Å². The second kappa shape index (κ2) is 9.30. The second-order valence-corrected chi connectivity index (χ2v) is 8.73. The van der Waals surface area contributed by atoms with Crippen LogP contribution in [0.1, 0.15) is 5.56 Å². The number of nitrogens with zero attached hydrogens (tertiary/aromatic N) is 7. The summed E-state index contributed by atoms with van der Waals surface area (Å²) >= 11 is 3.31. The maximum absolute atomic E-state index is 9.94. The van der Waals surface area contributed by atoms with E-state index in [9.17, 15) is 5.26 Å². The third-order valence-electron chi connectivity index (χ3n) is 4.49. The molecule has 0 saturated carbocycles. The molecule has 0 unspecified atom stereocenters. The SMILES string of the molecule is COCCSCSc1nc(-c2cnc3cnccn23)cc(-c2ccnn2C)c1C#N. The number of aryl methyl sites for hydroxylation is 1. The van der Waals surface area contributed by atoms with E-state index in [4.69, 9.17) is 9.72 Å². The van der Waals surface area contributed by atoms with Crippen molar-refractivity contribution in [3.8, 4) is 28.7 Å². The molecule has 0 N–H and O–H groups in total. The Morgan fingerprint density at radius 3 is 2.90 bits per heavy atom. The number of rotatable bonds is 8. The number of ether oxygens (including phenoxy) is 1. The molecule has 0 aliphatic carbocycles. The maximum Gasteiger partial charge on any atom is 0.155 e. The Labute approximate surface area is 182 Å². The summed E-state index contributed by atoms with van der Waals surface area (Å²) in [6.07, 6.45) is 8.78. The Balaban J connectivity index is 1.81. The van der Waals surface area contributed by atoms with Crippen LogP contribution < -0.4 is 0 Å². The van der Waals surface area contributed by atoms with E-state index in [0.29, 0.717) is 17.2 Å². The number of pyridine rings is 1. The Kier molecular flexibility index (Phi) is 6.32. The van der Waals surface area contributed by atoms with Crippen LogP contribution in [0.2, 0.25) is 0 Å². The first-order valence-corrected chi connectivity index (χ1v) is 11.3. The molecule has 0 aromatic carbocycles. The molecule has 4 heterocycles. The zero-order chi connectivity index (χ0) is 20.9. The van der Waals surface area contributed by atoms with Gasteiger partial charge in [-0.1, -0.05) is 11.8 Å². The molecule has 10 heteroatoms. The van der Waals surface area contributed by atoms with Crippen molar-refractivity contribution in [1.82, 2.24) is 29.1 Å². The Hall–Kier alpha value is -2.87. The number of aromatic nitrogens is 6. The molecule has 0 bridgehead atoms. The summed E-state index contributed by atoms with van der Waals surface area (Å²) in [6, 6.07) is 6.19. The fourth-order valence-corrected chi connectivity index (χ4v) is 5.03. The Bertz CT molecular complexity index is 1210. The molecule has 0 amide bonds. The predicted octanol–water partition coefficient (Wildman–Crippen LogP) is 3.49. The molecule has 0 aliphatic rings. The largest absolute Gasteiger partial charge is 0.384 e. The standard InChI is InChI=1S/C20H19N7OS2/c1-26-17(3-4-24-26)14-9-16(18-11-23-19-12-22-5-6-27(18)19)25-20(15(14)10-21)30-13-29-8-7-28-2/h3-6,9,11-12H,7-8,13H2,1-2H3. The van der Waals surface area contributed by atoms with Gasteiger partial charge in [-0.05, 0) is 12.1 Å². The molecule has 30 heavy (non-hydrogen) atoms. The average Bonchev–Trinajstić information content (AvgIpc) is 3.39. The van der Waals surface area contributed by atoms with Gasteiger partial charge in [-0.2, -0.15) is 10.4 Å². The molecule has 4 aromatic heterocycles. The summed E-state index contributed by atoms with van der Waals surface area (Å²) in [4.78, 5) is 13.4. The molecule has 0 fully saturated rings. The van der Waals surface area contributed by atoms with E-state index >= 15 is 0 Å². The van der Waals surface area contributed by atoms with Crippen LogP contribution in [0.5, 0.6) is 0 Å². The molecular weight excluding hydrogens is 418 g/mol. The lowest BCUT2D eigenvalue weighted by molar-refractivity contribution is 0.219. The van der Waals surface area contributed by atoms with Gasteiger partial charge < -0.3 is 4.74 Å². The van der Waals surface area contributed by atoms with E-state index in [0.717, 1.165) is 39.1 Å². The zero-order valence-electron chi connectivity index (χ0n) is 16.5. The predicted molar refractivity (Wildman–Crippen MR) is 118 cm³/mol. The van der Waals surface area contributed by atoms with Gasteiger partial charge in [0.25, 0.3) is 0 Å². The first-order valence-electron chi connectivity index (χ1n) is 9.13. The lowest BCUT2D eigenvalue weighted by Gasteiger charge is -2.12. The van der Waals surface area contributed by atoms with E-state index in [1.165, 1.54) is 0 Å². The number of hydrogen-bond acceptors (Lipinski definition) is 8. The summed E-state index contributed by atoms with van der Waals surface area (Å²) in [5.74, 6) is 0.889. The minimum Gasteiger partial charge on any atom is -0.384 e. The molecule has 152 valence electrons. The highest BCUT2D eigenvalue weighted by Gasteiger charge is 2.19. The van der Waals surface area contributed by atoms with Gasteiger partial charge in [0.15, 0.2) is 5.65 Å². The molecule has 8 nitrogen and oxygen atoms in total. The van der Waals surface area contributed by atoms with Crippen LogP contribution in [0.15, 0.2) is 48.1 Å². The fourth-order valence-electron chi connectivity index (χ4n) is 3.04. The van der Waals surface area contributed by atoms with Crippen molar-refractivity contribution in [1.29, 1.82) is 5.26 Å². The van der Waals surface area contributed by atoms with E-state index in [1.54, 1.807) is 60.1 Å². The molecule has 0 atom stereocenters. The van der Waals surface area contributed by atoms with Gasteiger partial charge in [0, 0.05) is 49.1 Å². The molecule has 0 saturated heterocycles. The minimum absolute atomic E-state index is 0.551. The number of imidazole rings is 1. The van der Waals surface area contributed by atoms with Gasteiger partial charge in [-0.15, -0.1) is 11.8 Å². The maximum atomic E-state index is 9.94. The number of hydrogen-bond donors (Lipinski definition) is 0. The highest BCUT2D eigenvalue weighted by molar-refractivity contribution is 8.16. The van der Waals surface area contributed by atoms with Gasteiger partial charge in [0.2, 0.25) is 0 Å². The highest BCUT2D eigenvalue weighted by atomic mass is 32.2. The van der Waals surface area contributed by atoms with Crippen molar-refractivity contribution in [2.24, 2.45) is 7.05 Å². The first-order chi connectivity index (χ1) is 14.7. The molecular formula is C20H19N7OS2. The van der Waals surface area contributed by atoms with Crippen molar-refractivity contribution < 1.29 is 4.74 Å². The Morgan fingerprint density at radius 1 is 1.23 bits per heavy atom. The number of fused-ring (bicyclic) bond motifs is 1. The molecule has 4 rings (SSSR count). The van der Waals surface area contributed by atoms with Crippen LogP contribution in [0.4, 0.5) is 0 Å². The monoisotopic (exact) mass is 437 g/mol. The average molecular weight is 438 g/mol. The molecule has 0 radical (unpaired) electrons. The summed E-state index contributed by atoms with van der Waals surface area (Å²) in [5.41, 5.74) is 4.54. The Morgan fingerprint density at radius 2 is 2.13 bits per heavy atom. The van der Waals surface area contributed by atoms with E-state index < -0.39 is 0 Å². The number of nitriles is 1. The van der Waals surface area contributed by atoms with Gasteiger partial charge in [-0.3, -0.25) is 14.1 Å². The van der Waals surface area contributed by atoms with Crippen LogP contribution in [0, 0.1) is 11.3 Å². The third-order valence-corrected chi connectivity index (χ3v) is 6.65. The van der Waals surface area contributed by atoms with Crippen molar-refractivity contribution in [3.63, 3.8) is 0 Å². The van der Waals surface area contributed by atoms with Gasteiger partial charge in [0.1, 0.15) is 11.1 Å². The van der Waals surface area contributed by atoms with Crippen molar-refractivity contribution in [3.05, 3.63) is 48.7 Å². The molecule has 4 aromatic rings. The summed E-state index contributed by atoms with van der Waals surface area (Å²) in [6.45, 7) is 0.694. The molecule has 0 spiro atoms. The fraction of sp³-hybridized carbons (Fsp3) is 0.250. The summed E-state index contributed by atoms with van der Waals surface area (Å²) in [7, 11) is 3.56. The van der Waals surface area contributed by atoms with Crippen LogP contribution >= 0.6 is 23.5 Å². The normalized spacial score (nSPS) is 11.1. The quantitative estimate of drug-likeness (QED) is 0.235. The van der Waals surface area contributed by atoms with E-state index in [-0.39, 0.29) is 0 Å². The van der Waals surface area contributed by atoms with Gasteiger partial charge >= 0.3 is 0 Å². The molecule has 0 aliphatic heterocycles.